The van der Waals surface area contributed by atoms with Crippen LogP contribution < -0.4 is 0 Å². The third-order valence-electron chi connectivity index (χ3n) is 5.62. The second-order valence-corrected chi connectivity index (χ2v) is 8.41. The van der Waals surface area contributed by atoms with E-state index in [9.17, 15) is 0 Å². The van der Waals surface area contributed by atoms with Gasteiger partial charge in [0.1, 0.15) is 0 Å². The zero-order valence-corrected chi connectivity index (χ0v) is 18.3. The predicted octanol–water partition coefficient (Wildman–Crippen LogP) is 6.12. The van der Waals surface area contributed by atoms with Crippen molar-refractivity contribution in [2.45, 2.75) is 25.9 Å². The minimum Gasteiger partial charge on any atom is -0.301 e. The maximum absolute atomic E-state index is 6.40. The lowest BCUT2D eigenvalue weighted by molar-refractivity contribution is 0.0910. The van der Waals surface area contributed by atoms with Crippen LogP contribution in [0.25, 0.3) is 11.1 Å². The van der Waals surface area contributed by atoms with Crippen molar-refractivity contribution in [2.24, 2.45) is 0 Å². The van der Waals surface area contributed by atoms with Crippen LogP contribution in [0.5, 0.6) is 0 Å². The van der Waals surface area contributed by atoms with Gasteiger partial charge >= 0.3 is 0 Å². The molecule has 2 aromatic rings. The lowest BCUT2D eigenvalue weighted by Gasteiger charge is -2.39. The number of piperazine rings is 1. The second-order valence-electron chi connectivity index (χ2n) is 8.01. The molecule has 0 amide bonds. The van der Waals surface area contributed by atoms with Gasteiger partial charge in [0.25, 0.3) is 0 Å². The molecule has 1 fully saturated rings. The first-order valence-electron chi connectivity index (χ1n) is 10.2. The maximum atomic E-state index is 6.40. The Bertz CT molecular complexity index is 882. The number of allylic oxidation sites excluding steroid dienone is 3. The van der Waals surface area contributed by atoms with E-state index in [4.69, 9.17) is 11.6 Å². The Labute approximate surface area is 180 Å². The van der Waals surface area contributed by atoms with Crippen LogP contribution in [0.3, 0.4) is 0 Å². The van der Waals surface area contributed by atoms with Crippen LogP contribution in [0.4, 0.5) is 0 Å². The van der Waals surface area contributed by atoms with Gasteiger partial charge in [0.15, 0.2) is 0 Å². The summed E-state index contributed by atoms with van der Waals surface area (Å²) in [6.07, 6.45) is 6.82. The van der Waals surface area contributed by atoms with Crippen molar-refractivity contribution >= 4 is 11.6 Å². The molecule has 0 aromatic heterocycles. The Kier molecular flexibility index (Phi) is 7.49. The number of benzene rings is 2. The summed E-state index contributed by atoms with van der Waals surface area (Å²) in [6, 6.07) is 15.5. The average molecular weight is 407 g/mol. The smallest absolute Gasteiger partial charge is 0.0484 e. The topological polar surface area (TPSA) is 6.48 Å². The van der Waals surface area contributed by atoms with E-state index < -0.39 is 0 Å². The number of hydrogen-bond donors (Lipinski definition) is 0. The quantitative estimate of drug-likeness (QED) is 0.511. The number of nitrogens with zero attached hydrogens (tertiary/aromatic N) is 2. The van der Waals surface area contributed by atoms with Crippen LogP contribution in [0.2, 0.25) is 5.02 Å². The van der Waals surface area contributed by atoms with Gasteiger partial charge < -0.3 is 4.90 Å². The summed E-state index contributed by atoms with van der Waals surface area (Å²) >= 11 is 6.40. The molecule has 152 valence electrons. The molecular formula is C26H31ClN2. The Balaban J connectivity index is 1.63. The second kappa shape index (κ2) is 10.1. The molecule has 1 heterocycles. The Hall–Kier alpha value is -2.13. The largest absolute Gasteiger partial charge is 0.301 e. The van der Waals surface area contributed by atoms with E-state index in [1.54, 1.807) is 6.08 Å². The molecule has 0 spiro atoms. The Morgan fingerprint density at radius 1 is 1.17 bits per heavy atom. The van der Waals surface area contributed by atoms with E-state index in [0.29, 0.717) is 6.04 Å². The lowest BCUT2D eigenvalue weighted by atomic mass is 10.0. The normalized spacial score (nSPS) is 18.2. The van der Waals surface area contributed by atoms with Crippen molar-refractivity contribution in [3.8, 4) is 11.1 Å². The predicted molar refractivity (Wildman–Crippen MR) is 126 cm³/mol. The molecule has 3 heteroatoms. The molecule has 1 atom stereocenters. The summed E-state index contributed by atoms with van der Waals surface area (Å²) in [5, 5.41) is 0.802. The van der Waals surface area contributed by atoms with E-state index in [0.717, 1.165) is 48.8 Å². The molecule has 2 nitrogen and oxygen atoms in total. The number of aryl methyl sites for hydroxylation is 1. The average Bonchev–Trinajstić information content (AvgIpc) is 2.71. The van der Waals surface area contributed by atoms with Gasteiger partial charge in [0, 0.05) is 42.8 Å². The highest BCUT2D eigenvalue weighted by Gasteiger charge is 2.24. The van der Waals surface area contributed by atoms with Crippen molar-refractivity contribution in [2.75, 3.05) is 26.7 Å². The summed E-state index contributed by atoms with van der Waals surface area (Å²) in [5.74, 6) is 0. The fraction of sp³-hybridized carbons (Fsp3) is 0.308. The van der Waals surface area contributed by atoms with Crippen molar-refractivity contribution in [3.63, 3.8) is 0 Å². The molecule has 0 N–H and O–H groups in total. The van der Waals surface area contributed by atoms with E-state index in [2.05, 4.69) is 73.3 Å². The SMILES string of the molecule is C=C/C=C\C(=C)CC1CN(Cc2ccc(-c3cc(C)ccc3Cl)cc2)CCN1C. The van der Waals surface area contributed by atoms with E-state index >= 15 is 0 Å². The monoisotopic (exact) mass is 406 g/mol. The van der Waals surface area contributed by atoms with Crippen LogP contribution in [0, 0.1) is 6.92 Å². The van der Waals surface area contributed by atoms with Gasteiger partial charge in [-0.3, -0.25) is 4.90 Å². The number of likely N-dealkylation sites (N-methyl/N-ethyl adjacent to an activating group) is 1. The fourth-order valence-corrected chi connectivity index (χ4v) is 4.08. The van der Waals surface area contributed by atoms with E-state index in [1.165, 1.54) is 16.7 Å². The van der Waals surface area contributed by atoms with Crippen LogP contribution in [-0.2, 0) is 6.54 Å². The Morgan fingerprint density at radius 3 is 2.66 bits per heavy atom. The molecule has 29 heavy (non-hydrogen) atoms. The molecular weight excluding hydrogens is 376 g/mol. The molecule has 0 aliphatic carbocycles. The molecule has 3 rings (SSSR count). The van der Waals surface area contributed by atoms with Gasteiger partial charge in [-0.15, -0.1) is 0 Å². The summed E-state index contributed by atoms with van der Waals surface area (Å²) in [5.41, 5.74) is 5.99. The summed E-state index contributed by atoms with van der Waals surface area (Å²) < 4.78 is 0. The van der Waals surface area contributed by atoms with Gasteiger partial charge in [-0.1, -0.05) is 84.5 Å². The van der Waals surface area contributed by atoms with Crippen molar-refractivity contribution in [3.05, 3.63) is 95.6 Å². The first-order chi connectivity index (χ1) is 14.0. The molecule has 1 unspecified atom stereocenters. The summed E-state index contributed by atoms with van der Waals surface area (Å²) in [6.45, 7) is 14.2. The molecule has 0 saturated carbocycles. The van der Waals surface area contributed by atoms with Crippen molar-refractivity contribution < 1.29 is 0 Å². The van der Waals surface area contributed by atoms with E-state index in [1.807, 2.05) is 18.2 Å². The van der Waals surface area contributed by atoms with E-state index in [-0.39, 0.29) is 0 Å². The minimum atomic E-state index is 0.496. The molecule has 1 aliphatic rings. The zero-order chi connectivity index (χ0) is 20.8. The first-order valence-corrected chi connectivity index (χ1v) is 10.6. The molecule has 1 aliphatic heterocycles. The van der Waals surface area contributed by atoms with Crippen molar-refractivity contribution in [1.82, 2.24) is 9.80 Å². The Morgan fingerprint density at radius 2 is 1.93 bits per heavy atom. The molecule has 2 aromatic carbocycles. The highest BCUT2D eigenvalue weighted by molar-refractivity contribution is 6.33. The van der Waals surface area contributed by atoms with Crippen LogP contribution in [0.1, 0.15) is 17.5 Å². The standard InChI is InChI=1S/C26H31ClN2/c1-5-6-7-20(2)16-24-19-29(15-14-28(24)4)18-22-9-11-23(12-10-22)25-17-21(3)8-13-26(25)27/h5-13,17,24H,1-2,14-16,18-19H2,3-4H3/b7-6-. The van der Waals surface area contributed by atoms with Gasteiger partial charge in [-0.2, -0.15) is 0 Å². The zero-order valence-electron chi connectivity index (χ0n) is 17.6. The highest BCUT2D eigenvalue weighted by Crippen LogP contribution is 2.29. The third-order valence-corrected chi connectivity index (χ3v) is 5.95. The van der Waals surface area contributed by atoms with Gasteiger partial charge in [-0.05, 0) is 43.7 Å². The molecule has 1 saturated heterocycles. The summed E-state index contributed by atoms with van der Waals surface area (Å²) in [4.78, 5) is 5.00. The van der Waals surface area contributed by atoms with Gasteiger partial charge in [0.2, 0.25) is 0 Å². The lowest BCUT2D eigenvalue weighted by Crippen LogP contribution is -2.51. The van der Waals surface area contributed by atoms with Gasteiger partial charge in [-0.25, -0.2) is 0 Å². The van der Waals surface area contributed by atoms with Crippen LogP contribution >= 0.6 is 11.6 Å². The van der Waals surface area contributed by atoms with Crippen LogP contribution in [0.15, 0.2) is 79.4 Å². The minimum absolute atomic E-state index is 0.496. The fourth-order valence-electron chi connectivity index (χ4n) is 3.86. The number of rotatable bonds is 7. The first kappa shape index (κ1) is 21.6. The number of halogens is 1. The molecule has 0 radical (unpaired) electrons. The van der Waals surface area contributed by atoms with Crippen molar-refractivity contribution in [1.29, 1.82) is 0 Å². The highest BCUT2D eigenvalue weighted by atomic mass is 35.5. The maximum Gasteiger partial charge on any atom is 0.0484 e. The van der Waals surface area contributed by atoms with Crippen LogP contribution in [-0.4, -0.2) is 42.5 Å². The number of hydrogen-bond acceptors (Lipinski definition) is 2. The summed E-state index contributed by atoms with van der Waals surface area (Å²) in [7, 11) is 2.22. The molecule has 0 bridgehead atoms. The van der Waals surface area contributed by atoms with Gasteiger partial charge in [0.05, 0.1) is 0 Å². The third kappa shape index (κ3) is 5.93.